The van der Waals surface area contributed by atoms with Crippen LogP contribution in [0, 0.1) is 0 Å². The molecule has 2 fully saturated rings. The maximum Gasteiger partial charge on any atom is 0.191 e. The molecule has 0 bridgehead atoms. The summed E-state index contributed by atoms with van der Waals surface area (Å²) in [6.45, 7) is 6.23. The van der Waals surface area contributed by atoms with Gasteiger partial charge in [0.05, 0.1) is 24.9 Å². The fraction of sp³-hybridized carbons (Fsp3) is 0.917. The number of likely N-dealkylation sites (N-methyl/N-ethyl adjacent to an activating group) is 1. The van der Waals surface area contributed by atoms with Gasteiger partial charge in [-0.15, -0.1) is 0 Å². The van der Waals surface area contributed by atoms with Crippen molar-refractivity contribution >= 4 is 5.96 Å². The van der Waals surface area contributed by atoms with Crippen molar-refractivity contribution in [3.05, 3.63) is 0 Å². The lowest BCUT2D eigenvalue weighted by Crippen LogP contribution is -2.48. The third-order valence-corrected chi connectivity index (χ3v) is 3.62. The van der Waals surface area contributed by atoms with Crippen molar-refractivity contribution in [1.82, 2.24) is 9.80 Å². The van der Waals surface area contributed by atoms with Crippen LogP contribution in [-0.4, -0.2) is 78.9 Å². The highest BCUT2D eigenvalue weighted by Gasteiger charge is 2.34. The Bertz CT molecular complexity index is 323. The standard InChI is InChI=1S/C12H24N4O2/c1-10-7-16(5-6-18-10)11(13)14-8-12(17)3-4-15(2)9-12/h10,17H,3-9H2,1-2H3,(H2,13,14). The van der Waals surface area contributed by atoms with Gasteiger partial charge in [-0.25, -0.2) is 0 Å². The first-order valence-corrected chi connectivity index (χ1v) is 6.56. The predicted molar refractivity (Wildman–Crippen MR) is 70.5 cm³/mol. The van der Waals surface area contributed by atoms with Crippen molar-refractivity contribution in [2.75, 3.05) is 46.4 Å². The average molecular weight is 256 g/mol. The Kier molecular flexibility index (Phi) is 4.09. The number of nitrogens with zero attached hydrogens (tertiary/aromatic N) is 3. The summed E-state index contributed by atoms with van der Waals surface area (Å²) in [6.07, 6.45) is 0.952. The second kappa shape index (κ2) is 5.42. The number of ether oxygens (including phenoxy) is 1. The van der Waals surface area contributed by atoms with Gasteiger partial charge in [0.2, 0.25) is 0 Å². The molecule has 0 radical (unpaired) electrons. The first-order chi connectivity index (χ1) is 8.48. The zero-order chi connectivity index (χ0) is 13.2. The molecule has 2 aliphatic rings. The van der Waals surface area contributed by atoms with Crippen LogP contribution >= 0.6 is 0 Å². The number of aliphatic imine (C=N–C) groups is 1. The molecule has 0 amide bonds. The van der Waals surface area contributed by atoms with E-state index in [0.717, 1.165) is 26.1 Å². The van der Waals surface area contributed by atoms with E-state index in [2.05, 4.69) is 9.89 Å². The van der Waals surface area contributed by atoms with Crippen LogP contribution in [0.15, 0.2) is 4.99 Å². The molecule has 2 aliphatic heterocycles. The third-order valence-electron chi connectivity index (χ3n) is 3.62. The van der Waals surface area contributed by atoms with Crippen molar-refractivity contribution in [3.63, 3.8) is 0 Å². The molecule has 0 aromatic rings. The van der Waals surface area contributed by atoms with Crippen LogP contribution in [0.5, 0.6) is 0 Å². The Morgan fingerprint density at radius 3 is 2.94 bits per heavy atom. The SMILES string of the molecule is CC1CN(C(N)=NCC2(O)CCN(C)C2)CCO1. The normalized spacial score (nSPS) is 35.2. The molecule has 2 heterocycles. The van der Waals surface area contributed by atoms with Crippen LogP contribution in [0.1, 0.15) is 13.3 Å². The second-order valence-corrected chi connectivity index (χ2v) is 5.51. The van der Waals surface area contributed by atoms with E-state index in [0.29, 0.717) is 25.7 Å². The van der Waals surface area contributed by atoms with Gasteiger partial charge in [-0.3, -0.25) is 4.99 Å². The van der Waals surface area contributed by atoms with Gasteiger partial charge < -0.3 is 25.4 Å². The minimum Gasteiger partial charge on any atom is -0.387 e. The van der Waals surface area contributed by atoms with E-state index < -0.39 is 5.60 Å². The fourth-order valence-corrected chi connectivity index (χ4v) is 2.54. The summed E-state index contributed by atoms with van der Waals surface area (Å²) in [5.41, 5.74) is 5.27. The summed E-state index contributed by atoms with van der Waals surface area (Å²) in [4.78, 5) is 8.50. The monoisotopic (exact) mass is 256 g/mol. The molecule has 6 nitrogen and oxygen atoms in total. The van der Waals surface area contributed by atoms with Crippen LogP contribution in [0.4, 0.5) is 0 Å². The zero-order valence-electron chi connectivity index (χ0n) is 11.3. The van der Waals surface area contributed by atoms with Gasteiger partial charge in [-0.2, -0.15) is 0 Å². The van der Waals surface area contributed by atoms with Crippen molar-refractivity contribution in [2.45, 2.75) is 25.0 Å². The zero-order valence-corrected chi connectivity index (χ0v) is 11.3. The van der Waals surface area contributed by atoms with E-state index in [1.807, 2.05) is 18.9 Å². The van der Waals surface area contributed by atoms with Crippen molar-refractivity contribution in [2.24, 2.45) is 10.7 Å². The molecule has 2 rings (SSSR count). The van der Waals surface area contributed by atoms with Crippen molar-refractivity contribution in [3.8, 4) is 0 Å². The van der Waals surface area contributed by atoms with Crippen molar-refractivity contribution < 1.29 is 9.84 Å². The molecule has 0 saturated carbocycles. The highest BCUT2D eigenvalue weighted by atomic mass is 16.5. The molecule has 2 saturated heterocycles. The number of hydrogen-bond donors (Lipinski definition) is 2. The van der Waals surface area contributed by atoms with Gasteiger partial charge in [-0.1, -0.05) is 0 Å². The van der Waals surface area contributed by atoms with Gasteiger partial charge in [0.25, 0.3) is 0 Å². The van der Waals surface area contributed by atoms with Crippen LogP contribution < -0.4 is 5.73 Å². The number of morpholine rings is 1. The van der Waals surface area contributed by atoms with Gasteiger partial charge in [0.15, 0.2) is 5.96 Å². The summed E-state index contributed by atoms with van der Waals surface area (Å²) in [5.74, 6) is 0.521. The molecule has 18 heavy (non-hydrogen) atoms. The first-order valence-electron chi connectivity index (χ1n) is 6.56. The molecule has 0 aromatic carbocycles. The lowest BCUT2D eigenvalue weighted by molar-refractivity contribution is 0.00496. The van der Waals surface area contributed by atoms with Crippen LogP contribution in [0.3, 0.4) is 0 Å². The number of rotatable bonds is 2. The Morgan fingerprint density at radius 1 is 1.56 bits per heavy atom. The molecule has 6 heteroatoms. The number of aliphatic hydroxyl groups is 1. The minimum atomic E-state index is -0.711. The van der Waals surface area contributed by atoms with Gasteiger partial charge >= 0.3 is 0 Å². The van der Waals surface area contributed by atoms with E-state index in [4.69, 9.17) is 10.5 Å². The quantitative estimate of drug-likeness (QED) is 0.494. The average Bonchev–Trinajstić information content (AvgIpc) is 2.67. The lowest BCUT2D eigenvalue weighted by Gasteiger charge is -2.32. The Balaban J connectivity index is 1.88. The van der Waals surface area contributed by atoms with Gasteiger partial charge in [0.1, 0.15) is 0 Å². The lowest BCUT2D eigenvalue weighted by atomic mass is 10.0. The largest absolute Gasteiger partial charge is 0.387 e. The highest BCUT2D eigenvalue weighted by Crippen LogP contribution is 2.20. The molecular weight excluding hydrogens is 232 g/mol. The van der Waals surface area contributed by atoms with Crippen LogP contribution in [0.25, 0.3) is 0 Å². The third kappa shape index (κ3) is 3.34. The minimum absolute atomic E-state index is 0.188. The van der Waals surface area contributed by atoms with E-state index in [9.17, 15) is 5.11 Å². The predicted octanol–water partition coefficient (Wildman–Crippen LogP) is -0.912. The van der Waals surface area contributed by atoms with Crippen molar-refractivity contribution in [1.29, 1.82) is 0 Å². The molecule has 0 aliphatic carbocycles. The fourth-order valence-electron chi connectivity index (χ4n) is 2.54. The highest BCUT2D eigenvalue weighted by molar-refractivity contribution is 5.78. The van der Waals surface area contributed by atoms with E-state index in [1.54, 1.807) is 0 Å². The number of hydrogen-bond acceptors (Lipinski definition) is 4. The van der Waals surface area contributed by atoms with Gasteiger partial charge in [0, 0.05) is 26.2 Å². The Morgan fingerprint density at radius 2 is 2.33 bits per heavy atom. The Hall–Kier alpha value is -0.850. The number of guanidine groups is 1. The molecule has 2 unspecified atom stereocenters. The molecule has 0 spiro atoms. The maximum absolute atomic E-state index is 10.3. The molecule has 3 N–H and O–H groups in total. The van der Waals surface area contributed by atoms with Crippen LogP contribution in [0.2, 0.25) is 0 Å². The summed E-state index contributed by atoms with van der Waals surface area (Å²) in [7, 11) is 2.01. The molecule has 2 atom stereocenters. The van der Waals surface area contributed by atoms with Gasteiger partial charge in [-0.05, 0) is 20.4 Å². The van der Waals surface area contributed by atoms with E-state index in [1.165, 1.54) is 0 Å². The van der Waals surface area contributed by atoms with Crippen LogP contribution in [-0.2, 0) is 4.74 Å². The number of nitrogens with two attached hydrogens (primary N) is 1. The first kappa shape index (κ1) is 13.6. The summed E-state index contributed by atoms with van der Waals surface area (Å²) in [5, 5.41) is 10.3. The maximum atomic E-state index is 10.3. The smallest absolute Gasteiger partial charge is 0.191 e. The van der Waals surface area contributed by atoms with E-state index in [-0.39, 0.29) is 6.10 Å². The van der Waals surface area contributed by atoms with E-state index >= 15 is 0 Å². The second-order valence-electron chi connectivity index (χ2n) is 5.51. The molecule has 0 aromatic heterocycles. The molecule has 104 valence electrons. The number of β-amino-alcohol motifs (C(OH)–C–C–N with tert-alkyl or cyclic N) is 1. The summed E-state index contributed by atoms with van der Waals surface area (Å²) >= 11 is 0. The number of likely N-dealkylation sites (tertiary alicyclic amines) is 1. The summed E-state index contributed by atoms with van der Waals surface area (Å²) in [6, 6.07) is 0. The topological polar surface area (TPSA) is 74.3 Å². The Labute approximate surface area is 108 Å². The summed E-state index contributed by atoms with van der Waals surface area (Å²) < 4.78 is 5.46. The molecular formula is C12H24N4O2.